The van der Waals surface area contributed by atoms with Gasteiger partial charge >= 0.3 is 5.97 Å². The highest BCUT2D eigenvalue weighted by atomic mass is 32.2. The van der Waals surface area contributed by atoms with Crippen molar-refractivity contribution in [3.05, 3.63) is 12.2 Å². The Morgan fingerprint density at radius 1 is 1.24 bits per heavy atom. The van der Waals surface area contributed by atoms with Crippen LogP contribution in [-0.2, 0) is 25.1 Å². The van der Waals surface area contributed by atoms with Crippen molar-refractivity contribution in [3.8, 4) is 0 Å². The zero-order valence-electron chi connectivity index (χ0n) is 15.2. The van der Waals surface area contributed by atoms with Crippen molar-refractivity contribution in [3.63, 3.8) is 0 Å². The third-order valence-electron chi connectivity index (χ3n) is 5.17. The minimum atomic E-state index is -0.801. The largest absolute Gasteiger partial charge is 0.481 e. The summed E-state index contributed by atoms with van der Waals surface area (Å²) in [6.07, 6.45) is 10.6. The lowest BCUT2D eigenvalue weighted by atomic mass is 9.78. The van der Waals surface area contributed by atoms with Crippen LogP contribution in [0.4, 0.5) is 0 Å². The minimum absolute atomic E-state index is 0.227. The monoisotopic (exact) mass is 372 g/mol. The Bertz CT molecular complexity index is 465. The molecule has 2 fully saturated rings. The number of hydrogen-bond donors (Lipinski definition) is 1. The minimum Gasteiger partial charge on any atom is -0.481 e. The van der Waals surface area contributed by atoms with Gasteiger partial charge in [0.1, 0.15) is 0 Å². The molecule has 0 saturated carbocycles. The maximum absolute atomic E-state index is 12.4. The van der Waals surface area contributed by atoms with Gasteiger partial charge in [-0.15, -0.1) is 0 Å². The molecule has 25 heavy (non-hydrogen) atoms. The topological polar surface area (TPSA) is 72.8 Å². The number of carboxylic acid groups (broad SMARTS) is 1. The Labute approximate surface area is 153 Å². The fourth-order valence-corrected chi connectivity index (χ4v) is 5.43. The van der Waals surface area contributed by atoms with Crippen LogP contribution >= 0.6 is 0 Å². The SMILES string of the molecule is CCOCCCS(=O)C[C@H]1[C@H](CC=CCCCC(=O)O)[C@@H]2CC[C@@H]1O2. The number of unbranched alkanes of at least 4 members (excludes halogenated alkanes) is 1. The molecular weight excluding hydrogens is 340 g/mol. The third kappa shape index (κ3) is 6.83. The fourth-order valence-electron chi connectivity index (χ4n) is 3.93. The number of hydrogen-bond acceptors (Lipinski definition) is 4. The van der Waals surface area contributed by atoms with Gasteiger partial charge in [0.25, 0.3) is 0 Å². The number of allylic oxidation sites excluding steroid dienone is 2. The first-order valence-corrected chi connectivity index (χ1v) is 11.1. The van der Waals surface area contributed by atoms with E-state index in [2.05, 4.69) is 12.2 Å². The lowest BCUT2D eigenvalue weighted by Gasteiger charge is -2.26. The number of carbonyl (C=O) groups is 1. The fraction of sp³-hybridized carbons (Fsp3) is 0.842. The van der Waals surface area contributed by atoms with Gasteiger partial charge in [0.05, 0.1) is 12.2 Å². The van der Waals surface area contributed by atoms with Crippen LogP contribution in [0.3, 0.4) is 0 Å². The summed E-state index contributed by atoms with van der Waals surface area (Å²) in [5, 5.41) is 8.65. The molecule has 2 heterocycles. The van der Waals surface area contributed by atoms with Crippen LogP contribution in [0.15, 0.2) is 12.2 Å². The molecule has 0 aromatic heterocycles. The zero-order chi connectivity index (χ0) is 18.1. The molecule has 2 aliphatic heterocycles. The van der Waals surface area contributed by atoms with E-state index < -0.39 is 16.8 Å². The van der Waals surface area contributed by atoms with Crippen LogP contribution in [0.5, 0.6) is 0 Å². The van der Waals surface area contributed by atoms with Gasteiger partial charge in [0.2, 0.25) is 0 Å². The summed E-state index contributed by atoms with van der Waals surface area (Å²) in [4.78, 5) is 10.5. The molecule has 0 aromatic carbocycles. The molecule has 0 amide bonds. The Morgan fingerprint density at radius 3 is 2.72 bits per heavy atom. The van der Waals surface area contributed by atoms with E-state index in [9.17, 15) is 9.00 Å². The Hall–Kier alpha value is -0.720. The highest BCUT2D eigenvalue weighted by Crippen LogP contribution is 2.45. The van der Waals surface area contributed by atoms with E-state index in [1.807, 2.05) is 6.92 Å². The molecule has 0 spiro atoms. The highest BCUT2D eigenvalue weighted by molar-refractivity contribution is 7.84. The van der Waals surface area contributed by atoms with Crippen LogP contribution < -0.4 is 0 Å². The van der Waals surface area contributed by atoms with E-state index in [0.717, 1.165) is 37.9 Å². The van der Waals surface area contributed by atoms with E-state index in [1.165, 1.54) is 0 Å². The van der Waals surface area contributed by atoms with Crippen molar-refractivity contribution < 1.29 is 23.6 Å². The molecule has 0 aromatic rings. The smallest absolute Gasteiger partial charge is 0.303 e. The summed E-state index contributed by atoms with van der Waals surface area (Å²) >= 11 is 0. The molecule has 5 atom stereocenters. The molecule has 1 unspecified atom stereocenters. The number of carboxylic acids is 1. The van der Waals surface area contributed by atoms with Gasteiger partial charge in [-0.1, -0.05) is 12.2 Å². The van der Waals surface area contributed by atoms with Crippen LogP contribution in [0.2, 0.25) is 0 Å². The second-order valence-corrected chi connectivity index (χ2v) is 8.59. The third-order valence-corrected chi connectivity index (χ3v) is 6.67. The molecule has 2 bridgehead atoms. The second-order valence-electron chi connectivity index (χ2n) is 6.97. The number of ether oxygens (including phenoxy) is 2. The standard InChI is InChI=1S/C19H32O5S/c1-2-23-12-7-13-25(22)14-16-15(17-10-11-18(16)24-17)8-5-3-4-6-9-19(20)21/h3,5,15-18H,2,4,6-14H2,1H3,(H,20,21)/t15-,16-,17-,18-,25?/m0/s1. The Balaban J connectivity index is 1.73. The first-order chi connectivity index (χ1) is 12.1. The van der Waals surface area contributed by atoms with Crippen molar-refractivity contribution in [1.29, 1.82) is 0 Å². The molecule has 0 radical (unpaired) electrons. The van der Waals surface area contributed by atoms with E-state index in [-0.39, 0.29) is 12.5 Å². The maximum atomic E-state index is 12.4. The number of aliphatic carboxylic acids is 1. The van der Waals surface area contributed by atoms with E-state index in [0.29, 0.717) is 43.3 Å². The van der Waals surface area contributed by atoms with Crippen molar-refractivity contribution in [2.45, 2.75) is 64.1 Å². The lowest BCUT2D eigenvalue weighted by molar-refractivity contribution is -0.137. The summed E-state index contributed by atoms with van der Waals surface area (Å²) in [7, 11) is -0.801. The van der Waals surface area contributed by atoms with Gasteiger partial charge in [-0.05, 0) is 51.4 Å². The quantitative estimate of drug-likeness (QED) is 0.397. The Kier molecular flexibility index (Phi) is 9.13. The summed E-state index contributed by atoms with van der Waals surface area (Å²) in [5.74, 6) is 1.58. The maximum Gasteiger partial charge on any atom is 0.303 e. The lowest BCUT2D eigenvalue weighted by Crippen LogP contribution is -2.31. The van der Waals surface area contributed by atoms with Crippen LogP contribution in [0, 0.1) is 11.8 Å². The molecule has 144 valence electrons. The van der Waals surface area contributed by atoms with Crippen LogP contribution in [-0.4, -0.2) is 52.2 Å². The predicted molar refractivity (Wildman–Crippen MR) is 99.1 cm³/mol. The van der Waals surface area contributed by atoms with E-state index in [4.69, 9.17) is 14.6 Å². The zero-order valence-corrected chi connectivity index (χ0v) is 16.0. The Morgan fingerprint density at radius 2 is 2.00 bits per heavy atom. The summed E-state index contributed by atoms with van der Waals surface area (Å²) in [6, 6.07) is 0. The molecule has 6 heteroatoms. The summed E-state index contributed by atoms with van der Waals surface area (Å²) < 4.78 is 23.8. The average molecular weight is 373 g/mol. The van der Waals surface area contributed by atoms with Gasteiger partial charge in [0.15, 0.2) is 0 Å². The van der Waals surface area contributed by atoms with Gasteiger partial charge in [-0.2, -0.15) is 0 Å². The van der Waals surface area contributed by atoms with Crippen LogP contribution in [0.25, 0.3) is 0 Å². The highest BCUT2D eigenvalue weighted by Gasteiger charge is 2.48. The van der Waals surface area contributed by atoms with E-state index >= 15 is 0 Å². The van der Waals surface area contributed by atoms with Crippen molar-refractivity contribution in [1.82, 2.24) is 0 Å². The first-order valence-electron chi connectivity index (χ1n) is 9.56. The number of rotatable bonds is 13. The molecular formula is C19H32O5S. The van der Waals surface area contributed by atoms with Gasteiger partial charge in [0, 0.05) is 47.9 Å². The molecule has 2 rings (SSSR count). The summed E-state index contributed by atoms with van der Waals surface area (Å²) in [6.45, 7) is 3.38. The average Bonchev–Trinajstić information content (AvgIpc) is 3.17. The van der Waals surface area contributed by atoms with Gasteiger partial charge in [-0.25, -0.2) is 0 Å². The second kappa shape index (κ2) is 11.1. The molecule has 2 saturated heterocycles. The van der Waals surface area contributed by atoms with Crippen molar-refractivity contribution in [2.24, 2.45) is 11.8 Å². The van der Waals surface area contributed by atoms with E-state index in [1.54, 1.807) is 0 Å². The van der Waals surface area contributed by atoms with Gasteiger partial charge in [-0.3, -0.25) is 9.00 Å². The van der Waals surface area contributed by atoms with Crippen LogP contribution in [0.1, 0.15) is 51.9 Å². The molecule has 2 aliphatic rings. The normalized spacial score (nSPS) is 29.5. The van der Waals surface area contributed by atoms with Crippen molar-refractivity contribution >= 4 is 16.8 Å². The van der Waals surface area contributed by atoms with Gasteiger partial charge < -0.3 is 14.6 Å². The summed E-state index contributed by atoms with van der Waals surface area (Å²) in [5.41, 5.74) is 0. The van der Waals surface area contributed by atoms with Crippen molar-refractivity contribution in [2.75, 3.05) is 24.7 Å². The first kappa shape index (κ1) is 20.6. The molecule has 0 aliphatic carbocycles. The molecule has 1 N–H and O–H groups in total. The predicted octanol–water partition coefficient (Wildman–Crippen LogP) is 3.16. The molecule has 5 nitrogen and oxygen atoms in total. The number of fused-ring (bicyclic) bond motifs is 2.